The lowest BCUT2D eigenvalue weighted by molar-refractivity contribution is -0.402. The molecule has 0 aromatic carbocycles. The first-order valence-electron chi connectivity index (χ1n) is 4.62. The SMILES string of the molecule is O=C(Nc1ccncc1)c1ccc([N+](=O)[O-])o1. The van der Waals surface area contributed by atoms with Crippen LogP contribution in [0.4, 0.5) is 11.6 Å². The molecule has 17 heavy (non-hydrogen) atoms. The number of nitro groups is 1. The third-order valence-corrected chi connectivity index (χ3v) is 1.93. The van der Waals surface area contributed by atoms with E-state index < -0.39 is 16.7 Å². The number of furan rings is 1. The lowest BCUT2D eigenvalue weighted by Gasteiger charge is -2.00. The molecule has 7 heteroatoms. The van der Waals surface area contributed by atoms with Gasteiger partial charge in [0.25, 0.3) is 5.91 Å². The third kappa shape index (κ3) is 2.46. The zero-order valence-electron chi connectivity index (χ0n) is 8.49. The van der Waals surface area contributed by atoms with Gasteiger partial charge in [-0.15, -0.1) is 0 Å². The summed E-state index contributed by atoms with van der Waals surface area (Å²) in [6.07, 6.45) is 3.03. The summed E-state index contributed by atoms with van der Waals surface area (Å²) >= 11 is 0. The first kappa shape index (κ1) is 10.8. The van der Waals surface area contributed by atoms with Crippen LogP contribution in [-0.2, 0) is 0 Å². The Labute approximate surface area is 95.2 Å². The fourth-order valence-electron chi connectivity index (χ4n) is 1.18. The van der Waals surface area contributed by atoms with E-state index in [9.17, 15) is 14.9 Å². The number of rotatable bonds is 3. The number of hydrogen-bond donors (Lipinski definition) is 1. The minimum absolute atomic E-state index is 0.117. The first-order chi connectivity index (χ1) is 8.16. The highest BCUT2D eigenvalue weighted by molar-refractivity contribution is 6.02. The van der Waals surface area contributed by atoms with Crippen LogP contribution in [0.25, 0.3) is 0 Å². The van der Waals surface area contributed by atoms with Gasteiger partial charge in [-0.1, -0.05) is 0 Å². The zero-order chi connectivity index (χ0) is 12.3. The quantitative estimate of drug-likeness (QED) is 0.644. The van der Waals surface area contributed by atoms with Crippen LogP contribution in [0.2, 0.25) is 0 Å². The summed E-state index contributed by atoms with van der Waals surface area (Å²) in [7, 11) is 0. The van der Waals surface area contributed by atoms with Crippen molar-refractivity contribution >= 4 is 17.5 Å². The molecule has 1 N–H and O–H groups in total. The van der Waals surface area contributed by atoms with Crippen LogP contribution in [0.3, 0.4) is 0 Å². The normalized spacial score (nSPS) is 9.88. The summed E-state index contributed by atoms with van der Waals surface area (Å²) in [6.45, 7) is 0. The summed E-state index contributed by atoms with van der Waals surface area (Å²) in [4.78, 5) is 25.1. The van der Waals surface area contributed by atoms with Gasteiger partial charge in [-0.25, -0.2) is 0 Å². The Morgan fingerprint density at radius 2 is 2.00 bits per heavy atom. The summed E-state index contributed by atoms with van der Waals surface area (Å²) in [5, 5.41) is 12.9. The molecule has 2 aromatic rings. The van der Waals surface area contributed by atoms with Gasteiger partial charge in [0.1, 0.15) is 4.92 Å². The first-order valence-corrected chi connectivity index (χ1v) is 4.62. The summed E-state index contributed by atoms with van der Waals surface area (Å²) in [5.74, 6) is -1.14. The summed E-state index contributed by atoms with van der Waals surface area (Å²) in [6, 6.07) is 5.56. The number of amides is 1. The smallest absolute Gasteiger partial charge is 0.395 e. The fraction of sp³-hybridized carbons (Fsp3) is 0. The van der Waals surface area contributed by atoms with Crippen molar-refractivity contribution in [2.24, 2.45) is 0 Å². The van der Waals surface area contributed by atoms with Crippen molar-refractivity contribution in [2.75, 3.05) is 5.32 Å². The van der Waals surface area contributed by atoms with E-state index in [1.165, 1.54) is 18.5 Å². The van der Waals surface area contributed by atoms with Gasteiger partial charge < -0.3 is 9.73 Å². The molecule has 0 aliphatic carbocycles. The highest BCUT2D eigenvalue weighted by Crippen LogP contribution is 2.16. The number of nitrogens with zero attached hydrogens (tertiary/aromatic N) is 2. The Hall–Kier alpha value is -2.70. The van der Waals surface area contributed by atoms with E-state index >= 15 is 0 Å². The number of hydrogen-bond acceptors (Lipinski definition) is 5. The Balaban J connectivity index is 2.12. The minimum Gasteiger partial charge on any atom is -0.395 e. The van der Waals surface area contributed by atoms with Gasteiger partial charge in [-0.05, 0) is 18.2 Å². The van der Waals surface area contributed by atoms with Crippen molar-refractivity contribution in [3.63, 3.8) is 0 Å². The predicted octanol–water partition coefficient (Wildman–Crippen LogP) is 1.84. The molecule has 0 atom stereocenters. The summed E-state index contributed by atoms with van der Waals surface area (Å²) in [5.41, 5.74) is 0.532. The molecule has 0 aliphatic rings. The predicted molar refractivity (Wildman–Crippen MR) is 57.6 cm³/mol. The van der Waals surface area contributed by atoms with Crippen LogP contribution in [0.5, 0.6) is 0 Å². The van der Waals surface area contributed by atoms with Crippen LogP contribution in [0, 0.1) is 10.1 Å². The van der Waals surface area contributed by atoms with Gasteiger partial charge in [0.15, 0.2) is 5.76 Å². The Morgan fingerprint density at radius 1 is 1.29 bits per heavy atom. The van der Waals surface area contributed by atoms with Crippen LogP contribution in [0.1, 0.15) is 10.6 Å². The van der Waals surface area contributed by atoms with Crippen molar-refractivity contribution in [1.29, 1.82) is 0 Å². The van der Waals surface area contributed by atoms with Crippen LogP contribution < -0.4 is 5.32 Å². The van der Waals surface area contributed by atoms with Crippen molar-refractivity contribution in [2.45, 2.75) is 0 Å². The van der Waals surface area contributed by atoms with E-state index in [1.54, 1.807) is 12.1 Å². The molecule has 0 spiro atoms. The molecule has 2 heterocycles. The van der Waals surface area contributed by atoms with Gasteiger partial charge >= 0.3 is 5.88 Å². The maximum atomic E-state index is 11.6. The number of aromatic nitrogens is 1. The topological polar surface area (TPSA) is 98.3 Å². The molecule has 0 saturated heterocycles. The number of anilines is 1. The lowest BCUT2D eigenvalue weighted by Crippen LogP contribution is -2.10. The van der Waals surface area contributed by atoms with Gasteiger partial charge in [-0.2, -0.15) is 0 Å². The molecular formula is C10H7N3O4. The van der Waals surface area contributed by atoms with Crippen LogP contribution in [0.15, 0.2) is 41.1 Å². The van der Waals surface area contributed by atoms with E-state index in [1.807, 2.05) is 0 Å². The van der Waals surface area contributed by atoms with E-state index in [2.05, 4.69) is 10.3 Å². The van der Waals surface area contributed by atoms with Gasteiger partial charge in [-0.3, -0.25) is 19.9 Å². The zero-order valence-corrected chi connectivity index (χ0v) is 8.49. The standard InChI is InChI=1S/C10H7N3O4/c14-10(12-7-3-5-11-6-4-7)8-1-2-9(17-8)13(15)16/h1-6H,(H,11,12,14). The number of carbonyl (C=O) groups is 1. The maximum Gasteiger partial charge on any atom is 0.433 e. The monoisotopic (exact) mass is 233 g/mol. The van der Waals surface area contributed by atoms with Gasteiger partial charge in [0, 0.05) is 18.1 Å². The Kier molecular flexibility index (Phi) is 2.82. The van der Waals surface area contributed by atoms with E-state index in [4.69, 9.17) is 4.42 Å². The molecule has 0 aliphatic heterocycles. The molecule has 0 bridgehead atoms. The van der Waals surface area contributed by atoms with E-state index in [0.717, 1.165) is 6.07 Å². The summed E-state index contributed by atoms with van der Waals surface area (Å²) < 4.78 is 4.75. The van der Waals surface area contributed by atoms with Crippen molar-refractivity contribution in [3.8, 4) is 0 Å². The van der Waals surface area contributed by atoms with Crippen molar-refractivity contribution < 1.29 is 14.1 Å². The second-order valence-electron chi connectivity index (χ2n) is 3.09. The molecule has 0 radical (unpaired) electrons. The maximum absolute atomic E-state index is 11.6. The molecular weight excluding hydrogens is 226 g/mol. The number of nitrogens with one attached hydrogen (secondary N) is 1. The van der Waals surface area contributed by atoms with E-state index in [-0.39, 0.29) is 5.76 Å². The molecule has 0 unspecified atom stereocenters. The molecule has 2 aromatic heterocycles. The number of carbonyl (C=O) groups excluding carboxylic acids is 1. The van der Waals surface area contributed by atoms with Gasteiger partial charge in [0.2, 0.25) is 0 Å². The van der Waals surface area contributed by atoms with Crippen LogP contribution in [-0.4, -0.2) is 15.8 Å². The van der Waals surface area contributed by atoms with E-state index in [0.29, 0.717) is 5.69 Å². The molecule has 2 rings (SSSR count). The Bertz CT molecular complexity index is 550. The molecule has 1 amide bonds. The molecule has 0 saturated carbocycles. The average molecular weight is 233 g/mol. The average Bonchev–Trinajstić information content (AvgIpc) is 2.79. The number of pyridine rings is 1. The van der Waals surface area contributed by atoms with Crippen LogP contribution >= 0.6 is 0 Å². The lowest BCUT2D eigenvalue weighted by atomic mass is 10.3. The van der Waals surface area contributed by atoms with Gasteiger partial charge in [0.05, 0.1) is 6.07 Å². The second-order valence-corrected chi connectivity index (χ2v) is 3.09. The van der Waals surface area contributed by atoms with Crippen molar-refractivity contribution in [1.82, 2.24) is 4.98 Å². The highest BCUT2D eigenvalue weighted by atomic mass is 16.6. The van der Waals surface area contributed by atoms with Crippen molar-refractivity contribution in [3.05, 3.63) is 52.5 Å². The fourth-order valence-corrected chi connectivity index (χ4v) is 1.18. The minimum atomic E-state index is -0.705. The molecule has 7 nitrogen and oxygen atoms in total. The third-order valence-electron chi connectivity index (χ3n) is 1.93. The molecule has 0 fully saturated rings. The highest BCUT2D eigenvalue weighted by Gasteiger charge is 2.17. The second kappa shape index (κ2) is 4.44. The largest absolute Gasteiger partial charge is 0.433 e. The molecule has 86 valence electrons. The Morgan fingerprint density at radius 3 is 2.59 bits per heavy atom.